The molecule has 28 heavy (non-hydrogen) atoms. The third kappa shape index (κ3) is 3.56. The van der Waals surface area contributed by atoms with Gasteiger partial charge >= 0.3 is 0 Å². The smallest absolute Gasteiger partial charge is 0.270 e. The number of rotatable bonds is 4. The molecule has 3 aromatic rings. The van der Waals surface area contributed by atoms with Crippen LogP contribution in [-0.4, -0.2) is 34.4 Å². The molecule has 2 aromatic carbocycles. The number of benzene rings is 2. The van der Waals surface area contributed by atoms with E-state index in [0.29, 0.717) is 11.3 Å². The minimum atomic E-state index is -0.278. The predicted molar refractivity (Wildman–Crippen MR) is 111 cm³/mol. The van der Waals surface area contributed by atoms with E-state index in [1.54, 1.807) is 18.2 Å². The van der Waals surface area contributed by atoms with Gasteiger partial charge in [-0.3, -0.25) is 9.59 Å². The Hall–Kier alpha value is -3.34. The molecule has 2 amide bonds. The zero-order valence-corrected chi connectivity index (χ0v) is 15.9. The Kier molecular flexibility index (Phi) is 4.98. The molecule has 1 fully saturated rings. The molecule has 0 aliphatic carbocycles. The number of likely N-dealkylation sites (tertiary alicyclic amines) is 1. The third-order valence-corrected chi connectivity index (χ3v) is 5.14. The van der Waals surface area contributed by atoms with E-state index in [1.165, 1.54) is 0 Å². The number of fused-ring (bicyclic) bond motifs is 1. The third-order valence-electron chi connectivity index (χ3n) is 5.14. The molecule has 0 saturated carbocycles. The summed E-state index contributed by atoms with van der Waals surface area (Å²) in [6.07, 6.45) is 5.78. The van der Waals surface area contributed by atoms with E-state index < -0.39 is 0 Å². The summed E-state index contributed by atoms with van der Waals surface area (Å²) in [6.45, 7) is 1.46. The Morgan fingerprint density at radius 1 is 0.964 bits per heavy atom. The van der Waals surface area contributed by atoms with Crippen LogP contribution in [0.15, 0.2) is 66.5 Å². The SMILES string of the molecule is Cn1cc(C=C(NC(=O)c2ccccc2)C(=O)N2CCCC2)c2ccccc21. The fraction of sp³-hybridized carbons (Fsp3) is 0.217. The van der Waals surface area contributed by atoms with Crippen LogP contribution in [0.4, 0.5) is 0 Å². The van der Waals surface area contributed by atoms with Gasteiger partial charge in [0.2, 0.25) is 0 Å². The Morgan fingerprint density at radius 3 is 2.39 bits per heavy atom. The Balaban J connectivity index is 1.72. The van der Waals surface area contributed by atoms with E-state index in [4.69, 9.17) is 0 Å². The number of hydrogen-bond acceptors (Lipinski definition) is 2. The molecule has 0 unspecified atom stereocenters. The predicted octanol–water partition coefficient (Wildman–Crippen LogP) is 3.57. The van der Waals surface area contributed by atoms with Crippen molar-refractivity contribution in [1.82, 2.24) is 14.8 Å². The molecule has 0 atom stereocenters. The van der Waals surface area contributed by atoms with Gasteiger partial charge in [0, 0.05) is 48.4 Å². The van der Waals surface area contributed by atoms with Crippen LogP contribution in [0.25, 0.3) is 17.0 Å². The number of hydrogen-bond donors (Lipinski definition) is 1. The highest BCUT2D eigenvalue weighted by molar-refractivity contribution is 6.06. The first kappa shape index (κ1) is 18.0. The lowest BCUT2D eigenvalue weighted by molar-refractivity contribution is -0.126. The topological polar surface area (TPSA) is 54.3 Å². The number of aryl methyl sites for hydroxylation is 1. The lowest BCUT2D eigenvalue weighted by atomic mass is 10.1. The second-order valence-corrected chi connectivity index (χ2v) is 7.09. The van der Waals surface area contributed by atoms with Gasteiger partial charge in [-0.05, 0) is 37.1 Å². The molecule has 5 heteroatoms. The van der Waals surface area contributed by atoms with Crippen molar-refractivity contribution in [2.24, 2.45) is 7.05 Å². The van der Waals surface area contributed by atoms with Gasteiger partial charge in [0.25, 0.3) is 11.8 Å². The normalized spacial score (nSPS) is 14.5. The second-order valence-electron chi connectivity index (χ2n) is 7.09. The van der Waals surface area contributed by atoms with Gasteiger partial charge in [-0.2, -0.15) is 0 Å². The van der Waals surface area contributed by atoms with Crippen molar-refractivity contribution >= 4 is 28.8 Å². The minimum absolute atomic E-state index is 0.130. The molecule has 1 aliphatic heterocycles. The molecule has 0 radical (unpaired) electrons. The summed E-state index contributed by atoms with van der Waals surface area (Å²) in [6, 6.07) is 17.0. The van der Waals surface area contributed by atoms with E-state index >= 15 is 0 Å². The summed E-state index contributed by atoms with van der Waals surface area (Å²) in [5.41, 5.74) is 2.83. The minimum Gasteiger partial charge on any atom is -0.350 e. The number of carbonyl (C=O) groups excluding carboxylic acids is 2. The van der Waals surface area contributed by atoms with Gasteiger partial charge in [-0.25, -0.2) is 0 Å². The maximum Gasteiger partial charge on any atom is 0.270 e. The molecule has 5 nitrogen and oxygen atoms in total. The first-order chi connectivity index (χ1) is 13.6. The molecule has 1 saturated heterocycles. The number of aromatic nitrogens is 1. The van der Waals surface area contributed by atoms with Gasteiger partial charge in [0.1, 0.15) is 5.70 Å². The van der Waals surface area contributed by atoms with Crippen LogP contribution in [0.2, 0.25) is 0 Å². The lowest BCUT2D eigenvalue weighted by Crippen LogP contribution is -2.36. The number of para-hydroxylation sites is 1. The largest absolute Gasteiger partial charge is 0.350 e. The van der Waals surface area contributed by atoms with Crippen molar-refractivity contribution in [1.29, 1.82) is 0 Å². The molecular formula is C23H23N3O2. The van der Waals surface area contributed by atoms with Crippen LogP contribution >= 0.6 is 0 Å². The van der Waals surface area contributed by atoms with Gasteiger partial charge in [-0.1, -0.05) is 36.4 Å². The summed E-state index contributed by atoms with van der Waals surface area (Å²) in [4.78, 5) is 27.6. The quantitative estimate of drug-likeness (QED) is 0.711. The van der Waals surface area contributed by atoms with Crippen molar-refractivity contribution < 1.29 is 9.59 Å². The van der Waals surface area contributed by atoms with Crippen LogP contribution in [0.5, 0.6) is 0 Å². The van der Waals surface area contributed by atoms with Crippen LogP contribution < -0.4 is 5.32 Å². The van der Waals surface area contributed by atoms with Crippen LogP contribution in [-0.2, 0) is 11.8 Å². The Morgan fingerprint density at radius 2 is 1.64 bits per heavy atom. The van der Waals surface area contributed by atoms with E-state index in [9.17, 15) is 9.59 Å². The molecule has 2 heterocycles. The Labute approximate surface area is 164 Å². The number of amides is 2. The fourth-order valence-corrected chi connectivity index (χ4v) is 3.67. The lowest BCUT2D eigenvalue weighted by Gasteiger charge is -2.18. The second kappa shape index (κ2) is 7.72. The van der Waals surface area contributed by atoms with Crippen molar-refractivity contribution in [3.8, 4) is 0 Å². The van der Waals surface area contributed by atoms with Crippen molar-refractivity contribution in [3.05, 3.63) is 77.6 Å². The fourth-order valence-electron chi connectivity index (χ4n) is 3.67. The first-order valence-corrected chi connectivity index (χ1v) is 9.55. The zero-order chi connectivity index (χ0) is 19.5. The van der Waals surface area contributed by atoms with Gasteiger partial charge < -0.3 is 14.8 Å². The maximum absolute atomic E-state index is 13.1. The molecule has 1 aliphatic rings. The number of nitrogens with one attached hydrogen (secondary N) is 1. The average Bonchev–Trinajstić information content (AvgIpc) is 3.37. The van der Waals surface area contributed by atoms with E-state index in [-0.39, 0.29) is 11.8 Å². The van der Waals surface area contributed by atoms with Crippen molar-refractivity contribution in [2.75, 3.05) is 13.1 Å². The van der Waals surface area contributed by atoms with Crippen LogP contribution in [0, 0.1) is 0 Å². The highest BCUT2D eigenvalue weighted by Crippen LogP contribution is 2.23. The van der Waals surface area contributed by atoms with Crippen molar-refractivity contribution in [3.63, 3.8) is 0 Å². The highest BCUT2D eigenvalue weighted by Gasteiger charge is 2.23. The summed E-state index contributed by atoms with van der Waals surface area (Å²) < 4.78 is 2.03. The number of carbonyl (C=O) groups is 2. The molecule has 0 spiro atoms. The summed E-state index contributed by atoms with van der Waals surface area (Å²) in [5.74, 6) is -0.408. The molecule has 1 aromatic heterocycles. The van der Waals surface area contributed by atoms with E-state index in [1.807, 2.05) is 65.2 Å². The van der Waals surface area contributed by atoms with Gasteiger partial charge in [0.15, 0.2) is 0 Å². The number of nitrogens with zero attached hydrogens (tertiary/aromatic N) is 2. The van der Waals surface area contributed by atoms with Crippen LogP contribution in [0.1, 0.15) is 28.8 Å². The molecular weight excluding hydrogens is 350 g/mol. The molecule has 4 rings (SSSR count). The standard InChI is InChI=1S/C23H23N3O2/c1-25-16-18(19-11-5-6-12-21(19)25)15-20(23(28)26-13-7-8-14-26)24-22(27)17-9-3-2-4-10-17/h2-6,9-12,15-16H,7-8,13-14H2,1H3,(H,24,27). The molecule has 1 N–H and O–H groups in total. The molecule has 142 valence electrons. The summed E-state index contributed by atoms with van der Waals surface area (Å²) in [5, 5.41) is 3.90. The van der Waals surface area contributed by atoms with E-state index in [0.717, 1.165) is 42.4 Å². The van der Waals surface area contributed by atoms with Gasteiger partial charge in [0.05, 0.1) is 0 Å². The maximum atomic E-state index is 13.1. The van der Waals surface area contributed by atoms with E-state index in [2.05, 4.69) is 5.32 Å². The van der Waals surface area contributed by atoms with Gasteiger partial charge in [-0.15, -0.1) is 0 Å². The average molecular weight is 373 g/mol. The Bertz CT molecular complexity index is 1040. The summed E-state index contributed by atoms with van der Waals surface area (Å²) in [7, 11) is 1.98. The first-order valence-electron chi connectivity index (χ1n) is 9.55. The summed E-state index contributed by atoms with van der Waals surface area (Å²) >= 11 is 0. The molecule has 0 bridgehead atoms. The monoisotopic (exact) mass is 373 g/mol. The zero-order valence-electron chi connectivity index (χ0n) is 15.9. The highest BCUT2D eigenvalue weighted by atomic mass is 16.2. The van der Waals surface area contributed by atoms with Crippen LogP contribution in [0.3, 0.4) is 0 Å². The van der Waals surface area contributed by atoms with Crippen molar-refractivity contribution in [2.45, 2.75) is 12.8 Å².